The molecule has 4 heteroatoms. The third-order valence-corrected chi connectivity index (χ3v) is 3.87. The molecule has 0 amide bonds. The highest BCUT2D eigenvalue weighted by Crippen LogP contribution is 2.21. The van der Waals surface area contributed by atoms with Crippen LogP contribution in [-0.2, 0) is 6.54 Å². The average molecular weight is 283 g/mol. The van der Waals surface area contributed by atoms with Crippen LogP contribution in [0, 0.1) is 0 Å². The predicted molar refractivity (Wildman–Crippen MR) is 79.7 cm³/mol. The third-order valence-electron chi connectivity index (χ3n) is 3.63. The summed E-state index contributed by atoms with van der Waals surface area (Å²) in [6, 6.07) is 5.17. The summed E-state index contributed by atoms with van der Waals surface area (Å²) in [6.07, 6.45) is 5.25. The first-order valence-electron chi connectivity index (χ1n) is 7.16. The Bertz CT molecular complexity index is 392. The fraction of sp³-hybridized carbons (Fsp3) is 0.600. The molecule has 1 heterocycles. The van der Waals surface area contributed by atoms with Crippen molar-refractivity contribution in [1.29, 1.82) is 0 Å². The largest absolute Gasteiger partial charge is 0.508 e. The van der Waals surface area contributed by atoms with Crippen molar-refractivity contribution in [2.24, 2.45) is 0 Å². The number of aromatic hydroxyl groups is 1. The molecule has 0 bridgehead atoms. The fourth-order valence-corrected chi connectivity index (χ4v) is 2.72. The Morgan fingerprint density at radius 3 is 2.79 bits per heavy atom. The number of phenols is 1. The highest BCUT2D eigenvalue weighted by Gasteiger charge is 2.08. The maximum absolute atomic E-state index is 9.69. The first-order chi connectivity index (χ1) is 9.25. The van der Waals surface area contributed by atoms with Crippen LogP contribution in [0.15, 0.2) is 18.2 Å². The van der Waals surface area contributed by atoms with E-state index in [0.717, 1.165) is 18.5 Å². The van der Waals surface area contributed by atoms with Gasteiger partial charge in [0.05, 0.1) is 0 Å². The molecular weight excluding hydrogens is 260 g/mol. The van der Waals surface area contributed by atoms with E-state index in [1.54, 1.807) is 12.1 Å². The molecule has 1 aliphatic heterocycles. The van der Waals surface area contributed by atoms with Crippen molar-refractivity contribution < 1.29 is 5.11 Å². The smallest absolute Gasteiger partial charge is 0.120 e. The van der Waals surface area contributed by atoms with Gasteiger partial charge in [0.1, 0.15) is 5.75 Å². The van der Waals surface area contributed by atoms with E-state index in [-0.39, 0.29) is 0 Å². The van der Waals surface area contributed by atoms with Crippen molar-refractivity contribution in [2.75, 3.05) is 26.2 Å². The van der Waals surface area contributed by atoms with Gasteiger partial charge in [-0.15, -0.1) is 0 Å². The second-order valence-electron chi connectivity index (χ2n) is 5.21. The van der Waals surface area contributed by atoms with Crippen LogP contribution in [-0.4, -0.2) is 36.2 Å². The maximum atomic E-state index is 9.69. The summed E-state index contributed by atoms with van der Waals surface area (Å²) in [5, 5.41) is 13.7. The topological polar surface area (TPSA) is 35.5 Å². The van der Waals surface area contributed by atoms with Crippen LogP contribution in [0.3, 0.4) is 0 Å². The quantitative estimate of drug-likeness (QED) is 0.788. The van der Waals surface area contributed by atoms with Gasteiger partial charge in [0.15, 0.2) is 0 Å². The van der Waals surface area contributed by atoms with Crippen LogP contribution in [0.1, 0.15) is 31.2 Å². The SMILES string of the molecule is Oc1ccc(Cl)cc1CNCCCN1CCCCC1. The molecule has 0 atom stereocenters. The second kappa shape index (κ2) is 7.73. The monoisotopic (exact) mass is 282 g/mol. The number of nitrogens with zero attached hydrogens (tertiary/aromatic N) is 1. The highest BCUT2D eigenvalue weighted by molar-refractivity contribution is 6.30. The lowest BCUT2D eigenvalue weighted by molar-refractivity contribution is 0.225. The Morgan fingerprint density at radius 1 is 1.21 bits per heavy atom. The number of hydrogen-bond acceptors (Lipinski definition) is 3. The Labute approximate surface area is 120 Å². The summed E-state index contributed by atoms with van der Waals surface area (Å²) >= 11 is 5.91. The minimum Gasteiger partial charge on any atom is -0.508 e. The van der Waals surface area contributed by atoms with E-state index in [4.69, 9.17) is 11.6 Å². The number of hydrogen-bond donors (Lipinski definition) is 2. The molecule has 0 aliphatic carbocycles. The van der Waals surface area contributed by atoms with Crippen molar-refractivity contribution in [1.82, 2.24) is 10.2 Å². The number of rotatable bonds is 6. The van der Waals surface area contributed by atoms with Gasteiger partial charge < -0.3 is 15.3 Å². The van der Waals surface area contributed by atoms with Gasteiger partial charge in [-0.3, -0.25) is 0 Å². The van der Waals surface area contributed by atoms with Crippen molar-refractivity contribution in [3.63, 3.8) is 0 Å². The first-order valence-corrected chi connectivity index (χ1v) is 7.54. The molecule has 0 unspecified atom stereocenters. The van der Waals surface area contributed by atoms with Crippen LogP contribution in [0.4, 0.5) is 0 Å². The van der Waals surface area contributed by atoms with Gasteiger partial charge in [-0.05, 0) is 63.6 Å². The van der Waals surface area contributed by atoms with Crippen LogP contribution in [0.2, 0.25) is 5.02 Å². The van der Waals surface area contributed by atoms with Gasteiger partial charge in [0.2, 0.25) is 0 Å². The summed E-state index contributed by atoms with van der Waals surface area (Å²) in [5.74, 6) is 0.313. The van der Waals surface area contributed by atoms with Crippen LogP contribution in [0.25, 0.3) is 0 Å². The van der Waals surface area contributed by atoms with Crippen LogP contribution >= 0.6 is 11.6 Å². The normalized spacial score (nSPS) is 16.7. The molecule has 1 aliphatic rings. The molecule has 2 rings (SSSR count). The number of halogens is 1. The molecule has 0 radical (unpaired) electrons. The van der Waals surface area contributed by atoms with Gasteiger partial charge in [0.25, 0.3) is 0 Å². The van der Waals surface area contributed by atoms with E-state index in [1.807, 2.05) is 6.07 Å². The Hall–Kier alpha value is -0.770. The minimum atomic E-state index is 0.313. The third kappa shape index (κ3) is 5.01. The van der Waals surface area contributed by atoms with Gasteiger partial charge in [-0.2, -0.15) is 0 Å². The number of piperidine rings is 1. The van der Waals surface area contributed by atoms with Crippen molar-refractivity contribution in [2.45, 2.75) is 32.2 Å². The molecular formula is C15H23ClN2O. The highest BCUT2D eigenvalue weighted by atomic mass is 35.5. The Morgan fingerprint density at radius 2 is 2.00 bits per heavy atom. The zero-order chi connectivity index (χ0) is 13.5. The van der Waals surface area contributed by atoms with Crippen molar-refractivity contribution in [3.05, 3.63) is 28.8 Å². The summed E-state index contributed by atoms with van der Waals surface area (Å²) in [5.41, 5.74) is 0.866. The summed E-state index contributed by atoms with van der Waals surface area (Å²) in [6.45, 7) is 5.34. The molecule has 1 saturated heterocycles. The predicted octanol–water partition coefficient (Wildman–Crippen LogP) is 3.01. The van der Waals surface area contributed by atoms with Crippen molar-refractivity contribution >= 4 is 11.6 Å². The maximum Gasteiger partial charge on any atom is 0.120 e. The molecule has 0 saturated carbocycles. The van der Waals surface area contributed by atoms with E-state index in [1.165, 1.54) is 38.9 Å². The van der Waals surface area contributed by atoms with Gasteiger partial charge in [-0.1, -0.05) is 18.0 Å². The lowest BCUT2D eigenvalue weighted by Crippen LogP contribution is -2.32. The standard InChI is InChI=1S/C15H23ClN2O/c16-14-5-6-15(19)13(11-14)12-17-7-4-10-18-8-2-1-3-9-18/h5-6,11,17,19H,1-4,7-10,12H2. The summed E-state index contributed by atoms with van der Waals surface area (Å²) < 4.78 is 0. The van der Waals surface area contributed by atoms with Gasteiger partial charge in [0, 0.05) is 17.1 Å². The summed E-state index contributed by atoms with van der Waals surface area (Å²) in [7, 11) is 0. The van der Waals surface area contributed by atoms with Crippen LogP contribution < -0.4 is 5.32 Å². The molecule has 0 spiro atoms. The number of likely N-dealkylation sites (tertiary alicyclic amines) is 1. The second-order valence-corrected chi connectivity index (χ2v) is 5.64. The van der Waals surface area contributed by atoms with E-state index >= 15 is 0 Å². The molecule has 0 aromatic heterocycles. The lowest BCUT2D eigenvalue weighted by Gasteiger charge is -2.26. The molecule has 1 aromatic rings. The first kappa shape index (κ1) is 14.6. The van der Waals surface area contributed by atoms with E-state index in [9.17, 15) is 5.11 Å². The van der Waals surface area contributed by atoms with Gasteiger partial charge >= 0.3 is 0 Å². The lowest BCUT2D eigenvalue weighted by atomic mass is 10.1. The Kier molecular flexibility index (Phi) is 5.95. The molecule has 2 N–H and O–H groups in total. The number of nitrogens with one attached hydrogen (secondary N) is 1. The zero-order valence-corrected chi connectivity index (χ0v) is 12.1. The average Bonchev–Trinajstić information content (AvgIpc) is 2.43. The minimum absolute atomic E-state index is 0.313. The molecule has 19 heavy (non-hydrogen) atoms. The zero-order valence-electron chi connectivity index (χ0n) is 11.4. The molecule has 1 aromatic carbocycles. The van der Waals surface area contributed by atoms with E-state index in [0.29, 0.717) is 17.3 Å². The van der Waals surface area contributed by atoms with E-state index in [2.05, 4.69) is 10.2 Å². The van der Waals surface area contributed by atoms with Crippen LogP contribution in [0.5, 0.6) is 5.75 Å². The molecule has 3 nitrogen and oxygen atoms in total. The Balaban J connectivity index is 1.62. The van der Waals surface area contributed by atoms with E-state index < -0.39 is 0 Å². The number of phenolic OH excluding ortho intramolecular Hbond substituents is 1. The molecule has 1 fully saturated rings. The van der Waals surface area contributed by atoms with Gasteiger partial charge in [-0.25, -0.2) is 0 Å². The number of benzene rings is 1. The fourth-order valence-electron chi connectivity index (χ4n) is 2.53. The molecule has 106 valence electrons. The summed E-state index contributed by atoms with van der Waals surface area (Å²) in [4.78, 5) is 2.54. The van der Waals surface area contributed by atoms with Crippen molar-refractivity contribution in [3.8, 4) is 5.75 Å².